The molecule has 3 aromatic carbocycles. The number of nitrogens with zero attached hydrogens (tertiary/aromatic N) is 1. The Morgan fingerprint density at radius 3 is 2.13 bits per heavy atom. The Hall–Kier alpha value is -4.21. The molecule has 0 aromatic heterocycles. The molecule has 1 aliphatic rings. The van der Waals surface area contributed by atoms with Gasteiger partial charge in [0.15, 0.2) is 11.8 Å². The fourth-order valence-electron chi connectivity index (χ4n) is 5.67. The molecule has 0 saturated carbocycles. The van der Waals surface area contributed by atoms with E-state index in [9.17, 15) is 14.4 Å². The van der Waals surface area contributed by atoms with E-state index in [1.165, 1.54) is 29.7 Å². The van der Waals surface area contributed by atoms with Crippen LogP contribution in [0, 0.1) is 6.92 Å². The number of amides is 4. The van der Waals surface area contributed by atoms with Gasteiger partial charge < -0.3 is 30.3 Å². The minimum Gasteiger partial charge on any atom is -0.351 e. The fourth-order valence-corrected chi connectivity index (χ4v) is 5.67. The zero-order valence-corrected chi connectivity index (χ0v) is 26.9. The average Bonchev–Trinajstić information content (AvgIpc) is 3.24. The number of unbranched alkanes of at least 4 members (excludes halogenated alkanes) is 3. The molecule has 1 heterocycles. The number of carbonyl (C=O) groups is 3. The number of carbonyl (C=O) groups excluding carboxylic acids is 3. The first-order valence-electron chi connectivity index (χ1n) is 16.0. The molecule has 9 heteroatoms. The molecule has 0 fully saturated rings. The summed E-state index contributed by atoms with van der Waals surface area (Å²) in [5, 5.41) is 8.67. The summed E-state index contributed by atoms with van der Waals surface area (Å²) < 4.78 is 11.5. The first-order chi connectivity index (χ1) is 21.8. The Morgan fingerprint density at radius 1 is 0.822 bits per heavy atom. The van der Waals surface area contributed by atoms with Crippen molar-refractivity contribution >= 4 is 34.9 Å². The minimum absolute atomic E-state index is 0.0991. The number of para-hydroxylation sites is 1. The summed E-state index contributed by atoms with van der Waals surface area (Å²) in [6, 6.07) is 21.7. The van der Waals surface area contributed by atoms with Crippen LogP contribution in [0.15, 0.2) is 72.8 Å². The number of nitrogens with one attached hydrogen (secondary N) is 3. The second-order valence-corrected chi connectivity index (χ2v) is 11.4. The van der Waals surface area contributed by atoms with Crippen molar-refractivity contribution in [1.82, 2.24) is 5.32 Å². The molecule has 1 aliphatic heterocycles. The van der Waals surface area contributed by atoms with Gasteiger partial charge in [-0.3, -0.25) is 9.59 Å². The minimum atomic E-state index is -1.67. The van der Waals surface area contributed by atoms with Crippen LogP contribution in [-0.2, 0) is 31.0 Å². The van der Waals surface area contributed by atoms with E-state index >= 15 is 0 Å². The first-order valence-corrected chi connectivity index (χ1v) is 16.0. The number of hydrogen-bond acceptors (Lipinski definition) is 5. The second-order valence-electron chi connectivity index (χ2n) is 11.4. The number of hydrogen-bond donors (Lipinski definition) is 3. The number of ether oxygens (including phenoxy) is 2. The zero-order valence-electron chi connectivity index (χ0n) is 26.9. The largest absolute Gasteiger partial charge is 0.351 e. The SMILES string of the molecule is CCCCCCc1ccc(NC(=O)C[C@@]2(NC(=O)Nc3ccc(C)cc3)C(=O)N(CC(OCC)OCC)c3ccccc32)cc1. The van der Waals surface area contributed by atoms with Crippen molar-refractivity contribution in [3.05, 3.63) is 89.5 Å². The van der Waals surface area contributed by atoms with Gasteiger partial charge >= 0.3 is 6.03 Å². The zero-order chi connectivity index (χ0) is 32.2. The highest BCUT2D eigenvalue weighted by molar-refractivity contribution is 6.12. The van der Waals surface area contributed by atoms with Gasteiger partial charge in [-0.1, -0.05) is 74.2 Å². The van der Waals surface area contributed by atoms with Crippen molar-refractivity contribution in [1.29, 1.82) is 0 Å². The van der Waals surface area contributed by atoms with Gasteiger partial charge in [0.25, 0.3) is 5.91 Å². The maximum Gasteiger partial charge on any atom is 0.320 e. The molecule has 0 spiro atoms. The van der Waals surface area contributed by atoms with Gasteiger partial charge in [-0.15, -0.1) is 0 Å². The van der Waals surface area contributed by atoms with E-state index in [4.69, 9.17) is 9.47 Å². The highest BCUT2D eigenvalue weighted by atomic mass is 16.7. The van der Waals surface area contributed by atoms with Crippen molar-refractivity contribution in [2.75, 3.05) is 35.3 Å². The standard InChI is InChI=1S/C36H46N4O5/c1-5-8-9-10-13-27-18-22-28(23-19-27)37-32(41)24-36(39-35(43)38-29-20-16-26(4)17-21-29)30-14-11-12-15-31(30)40(34(36)42)25-33(44-6-2)45-7-3/h11-12,14-23,33H,5-10,13,24-25H2,1-4H3,(H,37,41)(H2,38,39,43)/t36-/m0/s1. The molecule has 3 N–H and O–H groups in total. The summed E-state index contributed by atoms with van der Waals surface area (Å²) in [6.45, 7) is 8.77. The average molecular weight is 615 g/mol. The van der Waals surface area contributed by atoms with Gasteiger partial charge in [-0.25, -0.2) is 4.79 Å². The molecule has 240 valence electrons. The molecule has 4 rings (SSSR count). The topological polar surface area (TPSA) is 109 Å². The van der Waals surface area contributed by atoms with Crippen molar-refractivity contribution < 1.29 is 23.9 Å². The highest BCUT2D eigenvalue weighted by Crippen LogP contribution is 2.43. The summed E-state index contributed by atoms with van der Waals surface area (Å²) in [4.78, 5) is 43.1. The normalized spacial score (nSPS) is 15.7. The van der Waals surface area contributed by atoms with Crippen LogP contribution in [0.2, 0.25) is 0 Å². The number of fused-ring (bicyclic) bond motifs is 1. The van der Waals surface area contributed by atoms with Crippen LogP contribution in [0.25, 0.3) is 0 Å². The lowest BCUT2D eigenvalue weighted by Crippen LogP contribution is -2.56. The third kappa shape index (κ3) is 8.71. The number of rotatable bonds is 16. The van der Waals surface area contributed by atoms with Crippen LogP contribution < -0.4 is 20.9 Å². The van der Waals surface area contributed by atoms with Crippen LogP contribution in [0.4, 0.5) is 21.9 Å². The first kappa shape index (κ1) is 33.7. The Kier molecular flexibility index (Phi) is 12.1. The summed E-state index contributed by atoms with van der Waals surface area (Å²) in [5.41, 5.74) is 2.89. The van der Waals surface area contributed by atoms with E-state index in [0.29, 0.717) is 35.8 Å². The van der Waals surface area contributed by atoms with Crippen molar-refractivity contribution in [2.24, 2.45) is 0 Å². The van der Waals surface area contributed by atoms with Crippen molar-refractivity contribution in [3.8, 4) is 0 Å². The van der Waals surface area contributed by atoms with E-state index in [1.54, 1.807) is 30.3 Å². The molecule has 3 aromatic rings. The van der Waals surface area contributed by atoms with Crippen molar-refractivity contribution in [2.45, 2.75) is 78.0 Å². The van der Waals surface area contributed by atoms with Crippen LogP contribution in [0.1, 0.15) is 69.6 Å². The lowest BCUT2D eigenvalue weighted by Gasteiger charge is -2.30. The number of benzene rings is 3. The van der Waals surface area contributed by atoms with E-state index < -0.39 is 29.7 Å². The van der Waals surface area contributed by atoms with Gasteiger partial charge in [0.05, 0.1) is 18.7 Å². The predicted octanol–water partition coefficient (Wildman–Crippen LogP) is 6.91. The summed E-state index contributed by atoms with van der Waals surface area (Å²) in [7, 11) is 0. The Bertz CT molecular complexity index is 1420. The lowest BCUT2D eigenvalue weighted by atomic mass is 9.87. The van der Waals surface area contributed by atoms with Gasteiger partial charge in [0.1, 0.15) is 0 Å². The molecule has 0 radical (unpaired) electrons. The lowest BCUT2D eigenvalue weighted by molar-refractivity contribution is -0.138. The van der Waals surface area contributed by atoms with Crippen LogP contribution >= 0.6 is 0 Å². The molecule has 0 bridgehead atoms. The summed E-state index contributed by atoms with van der Waals surface area (Å²) in [6.07, 6.45) is 4.75. The van der Waals surface area contributed by atoms with Gasteiger partial charge in [0.2, 0.25) is 5.91 Å². The number of urea groups is 1. The molecule has 1 atom stereocenters. The van der Waals surface area contributed by atoms with E-state index in [1.807, 2.05) is 63.2 Å². The maximum absolute atomic E-state index is 14.4. The quantitative estimate of drug-likeness (QED) is 0.120. The predicted molar refractivity (Wildman–Crippen MR) is 178 cm³/mol. The smallest absolute Gasteiger partial charge is 0.320 e. The van der Waals surface area contributed by atoms with Crippen LogP contribution in [0.5, 0.6) is 0 Å². The highest BCUT2D eigenvalue weighted by Gasteiger charge is 2.53. The van der Waals surface area contributed by atoms with E-state index in [0.717, 1.165) is 18.4 Å². The molecule has 9 nitrogen and oxygen atoms in total. The molecule has 4 amide bonds. The summed E-state index contributed by atoms with van der Waals surface area (Å²) >= 11 is 0. The fraction of sp³-hybridized carbons (Fsp3) is 0.417. The Labute approximate surface area is 266 Å². The summed E-state index contributed by atoms with van der Waals surface area (Å²) in [5.74, 6) is -0.845. The van der Waals surface area contributed by atoms with Gasteiger partial charge in [-0.05, 0) is 69.5 Å². The monoisotopic (exact) mass is 614 g/mol. The Morgan fingerprint density at radius 2 is 1.47 bits per heavy atom. The number of anilines is 3. The van der Waals surface area contributed by atoms with E-state index in [2.05, 4.69) is 22.9 Å². The van der Waals surface area contributed by atoms with Crippen LogP contribution in [-0.4, -0.2) is 43.9 Å². The molecular formula is C36H46N4O5. The third-order valence-corrected chi connectivity index (χ3v) is 7.92. The molecule has 45 heavy (non-hydrogen) atoms. The van der Waals surface area contributed by atoms with Gasteiger partial charge in [-0.2, -0.15) is 0 Å². The van der Waals surface area contributed by atoms with Crippen molar-refractivity contribution in [3.63, 3.8) is 0 Å². The van der Waals surface area contributed by atoms with Gasteiger partial charge in [0, 0.05) is 30.2 Å². The third-order valence-electron chi connectivity index (χ3n) is 7.92. The van der Waals surface area contributed by atoms with Crippen LogP contribution in [0.3, 0.4) is 0 Å². The van der Waals surface area contributed by atoms with E-state index in [-0.39, 0.29) is 13.0 Å². The molecular weight excluding hydrogens is 568 g/mol. The maximum atomic E-state index is 14.4. The molecule has 0 unspecified atom stereocenters. The Balaban J connectivity index is 1.60. The second kappa shape index (κ2) is 16.2. The molecule has 0 aliphatic carbocycles. The number of aryl methyl sites for hydroxylation is 2. The molecule has 0 saturated heterocycles.